The minimum absolute atomic E-state index is 0.940. The molecular formula is C12H24N2. The Balaban J connectivity index is 1.74. The molecule has 14 heavy (non-hydrogen) atoms. The van der Waals surface area contributed by atoms with Crippen molar-refractivity contribution in [3.63, 3.8) is 0 Å². The van der Waals surface area contributed by atoms with Gasteiger partial charge in [-0.3, -0.25) is 0 Å². The Bertz CT molecular complexity index is 160. The highest BCUT2D eigenvalue weighted by Crippen LogP contribution is 2.26. The fourth-order valence-electron chi connectivity index (χ4n) is 2.68. The predicted molar refractivity (Wildman–Crippen MR) is 60.5 cm³/mol. The van der Waals surface area contributed by atoms with Crippen molar-refractivity contribution in [2.75, 3.05) is 26.2 Å². The summed E-state index contributed by atoms with van der Waals surface area (Å²) < 4.78 is 0. The van der Waals surface area contributed by atoms with Gasteiger partial charge in [-0.2, -0.15) is 0 Å². The summed E-state index contributed by atoms with van der Waals surface area (Å²) in [5.74, 6) is 0.969. The highest BCUT2D eigenvalue weighted by Gasteiger charge is 2.26. The van der Waals surface area contributed by atoms with Crippen molar-refractivity contribution in [1.29, 1.82) is 0 Å². The van der Waals surface area contributed by atoms with E-state index in [4.69, 9.17) is 0 Å². The van der Waals surface area contributed by atoms with E-state index < -0.39 is 0 Å². The quantitative estimate of drug-likeness (QED) is 0.738. The molecule has 0 radical (unpaired) electrons. The lowest BCUT2D eigenvalue weighted by Crippen LogP contribution is -2.44. The molecule has 0 spiro atoms. The van der Waals surface area contributed by atoms with Gasteiger partial charge >= 0.3 is 0 Å². The molecular weight excluding hydrogens is 172 g/mol. The van der Waals surface area contributed by atoms with E-state index in [1.807, 2.05) is 0 Å². The second-order valence-electron chi connectivity index (χ2n) is 4.87. The Morgan fingerprint density at radius 1 is 1.14 bits per heavy atom. The Hall–Kier alpha value is -0.0800. The molecule has 1 aliphatic carbocycles. The van der Waals surface area contributed by atoms with Crippen molar-refractivity contribution >= 4 is 0 Å². The van der Waals surface area contributed by atoms with E-state index in [0.29, 0.717) is 0 Å². The first-order chi connectivity index (χ1) is 6.90. The molecule has 1 saturated heterocycles. The summed E-state index contributed by atoms with van der Waals surface area (Å²) in [5, 5.41) is 3.44. The summed E-state index contributed by atoms with van der Waals surface area (Å²) >= 11 is 0. The van der Waals surface area contributed by atoms with E-state index in [0.717, 1.165) is 12.0 Å². The Kier molecular flexibility index (Phi) is 3.82. The molecule has 2 aliphatic rings. The Labute approximate surface area is 88.1 Å². The third kappa shape index (κ3) is 2.48. The van der Waals surface area contributed by atoms with E-state index in [-0.39, 0.29) is 0 Å². The zero-order valence-corrected chi connectivity index (χ0v) is 9.47. The topological polar surface area (TPSA) is 15.3 Å². The van der Waals surface area contributed by atoms with Gasteiger partial charge < -0.3 is 10.2 Å². The zero-order valence-electron chi connectivity index (χ0n) is 9.47. The first-order valence-electron chi connectivity index (χ1n) is 6.35. The number of rotatable bonds is 4. The van der Waals surface area contributed by atoms with Gasteiger partial charge in [0, 0.05) is 12.6 Å². The van der Waals surface area contributed by atoms with E-state index in [2.05, 4.69) is 17.1 Å². The fraction of sp³-hybridized carbons (Fsp3) is 1.00. The molecule has 0 bridgehead atoms. The molecule has 82 valence electrons. The minimum atomic E-state index is 0.940. The van der Waals surface area contributed by atoms with Crippen LogP contribution in [0.25, 0.3) is 0 Å². The SMILES string of the molecule is CCN(CC1CCNCC1)C1CCC1. The standard InChI is InChI=1S/C12H24N2/c1-2-14(12-4-3-5-12)10-11-6-8-13-9-7-11/h11-13H,2-10H2,1H3. The van der Waals surface area contributed by atoms with Crippen molar-refractivity contribution in [3.8, 4) is 0 Å². The highest BCUT2D eigenvalue weighted by atomic mass is 15.2. The second-order valence-corrected chi connectivity index (χ2v) is 4.87. The summed E-state index contributed by atoms with van der Waals surface area (Å²) in [7, 11) is 0. The first-order valence-corrected chi connectivity index (χ1v) is 6.35. The van der Waals surface area contributed by atoms with Crippen LogP contribution in [0.3, 0.4) is 0 Å². The largest absolute Gasteiger partial charge is 0.317 e. The second kappa shape index (κ2) is 5.13. The number of nitrogens with zero attached hydrogens (tertiary/aromatic N) is 1. The minimum Gasteiger partial charge on any atom is -0.317 e. The molecule has 0 unspecified atom stereocenters. The molecule has 1 aliphatic heterocycles. The molecule has 1 saturated carbocycles. The van der Waals surface area contributed by atoms with Crippen LogP contribution < -0.4 is 5.32 Å². The van der Waals surface area contributed by atoms with E-state index in [1.165, 1.54) is 58.3 Å². The Morgan fingerprint density at radius 3 is 2.36 bits per heavy atom. The summed E-state index contributed by atoms with van der Waals surface area (Å²) in [6.07, 6.45) is 7.16. The summed E-state index contributed by atoms with van der Waals surface area (Å²) in [6, 6.07) is 0.940. The van der Waals surface area contributed by atoms with Crippen molar-refractivity contribution in [3.05, 3.63) is 0 Å². The molecule has 0 atom stereocenters. The number of nitrogens with one attached hydrogen (secondary N) is 1. The van der Waals surface area contributed by atoms with Crippen molar-refractivity contribution < 1.29 is 0 Å². The van der Waals surface area contributed by atoms with Crippen LogP contribution in [-0.2, 0) is 0 Å². The normalized spacial score (nSPS) is 25.3. The first kappa shape index (κ1) is 10.4. The van der Waals surface area contributed by atoms with Crippen LogP contribution in [0.15, 0.2) is 0 Å². The van der Waals surface area contributed by atoms with Gasteiger partial charge in [0.05, 0.1) is 0 Å². The lowest BCUT2D eigenvalue weighted by atomic mass is 9.89. The average Bonchev–Trinajstić information content (AvgIpc) is 2.15. The van der Waals surface area contributed by atoms with Crippen LogP contribution in [0, 0.1) is 5.92 Å². The smallest absolute Gasteiger partial charge is 0.00952 e. The van der Waals surface area contributed by atoms with Gasteiger partial charge in [0.1, 0.15) is 0 Å². The van der Waals surface area contributed by atoms with Crippen LogP contribution in [-0.4, -0.2) is 37.1 Å². The molecule has 1 heterocycles. The number of hydrogen-bond acceptors (Lipinski definition) is 2. The van der Waals surface area contributed by atoms with Gasteiger partial charge in [-0.05, 0) is 51.2 Å². The van der Waals surface area contributed by atoms with Crippen LogP contribution in [0.4, 0.5) is 0 Å². The molecule has 2 fully saturated rings. The maximum absolute atomic E-state index is 3.44. The molecule has 0 aromatic rings. The molecule has 1 N–H and O–H groups in total. The molecule has 2 rings (SSSR count). The lowest BCUT2D eigenvalue weighted by molar-refractivity contribution is 0.105. The van der Waals surface area contributed by atoms with Gasteiger partial charge in [0.15, 0.2) is 0 Å². The van der Waals surface area contributed by atoms with Crippen LogP contribution in [0.5, 0.6) is 0 Å². The average molecular weight is 196 g/mol. The summed E-state index contributed by atoms with van der Waals surface area (Å²) in [4.78, 5) is 2.72. The third-order valence-corrected chi connectivity index (χ3v) is 3.95. The van der Waals surface area contributed by atoms with E-state index >= 15 is 0 Å². The molecule has 2 nitrogen and oxygen atoms in total. The van der Waals surface area contributed by atoms with Gasteiger partial charge in [-0.15, -0.1) is 0 Å². The van der Waals surface area contributed by atoms with Crippen molar-refractivity contribution in [2.45, 2.75) is 45.1 Å². The molecule has 2 heteroatoms. The molecule has 0 aromatic carbocycles. The Morgan fingerprint density at radius 2 is 1.86 bits per heavy atom. The van der Waals surface area contributed by atoms with Crippen molar-refractivity contribution in [1.82, 2.24) is 10.2 Å². The van der Waals surface area contributed by atoms with E-state index in [1.54, 1.807) is 0 Å². The summed E-state index contributed by atoms with van der Waals surface area (Å²) in [5.41, 5.74) is 0. The van der Waals surface area contributed by atoms with Gasteiger partial charge in [-0.25, -0.2) is 0 Å². The molecule has 0 amide bonds. The van der Waals surface area contributed by atoms with Gasteiger partial charge in [0.25, 0.3) is 0 Å². The monoisotopic (exact) mass is 196 g/mol. The van der Waals surface area contributed by atoms with Crippen LogP contribution in [0.1, 0.15) is 39.0 Å². The highest BCUT2D eigenvalue weighted by molar-refractivity contribution is 4.82. The number of hydrogen-bond donors (Lipinski definition) is 1. The predicted octanol–water partition coefficient (Wildman–Crippen LogP) is 1.86. The van der Waals surface area contributed by atoms with Crippen LogP contribution >= 0.6 is 0 Å². The maximum atomic E-state index is 3.44. The third-order valence-electron chi connectivity index (χ3n) is 3.95. The maximum Gasteiger partial charge on any atom is 0.00952 e. The van der Waals surface area contributed by atoms with Gasteiger partial charge in [0.2, 0.25) is 0 Å². The summed E-state index contributed by atoms with van der Waals surface area (Å²) in [6.45, 7) is 7.43. The van der Waals surface area contributed by atoms with E-state index in [9.17, 15) is 0 Å². The van der Waals surface area contributed by atoms with Crippen molar-refractivity contribution in [2.24, 2.45) is 5.92 Å². The van der Waals surface area contributed by atoms with Gasteiger partial charge in [-0.1, -0.05) is 13.3 Å². The zero-order chi connectivity index (χ0) is 9.80. The van der Waals surface area contributed by atoms with Crippen LogP contribution in [0.2, 0.25) is 0 Å². The fourth-order valence-corrected chi connectivity index (χ4v) is 2.68. The molecule has 0 aromatic heterocycles. The number of piperidine rings is 1. The lowest BCUT2D eigenvalue weighted by Gasteiger charge is -2.39.